The molecule has 0 bridgehead atoms. The van der Waals surface area contributed by atoms with Crippen LogP contribution in [0.1, 0.15) is 12.5 Å². The molecule has 0 saturated carbocycles. The minimum atomic E-state index is -3.77. The molecule has 3 aromatic rings. The molecular weight excluding hydrogens is 353 g/mol. The summed E-state index contributed by atoms with van der Waals surface area (Å²) < 4.78 is 47.5. The van der Waals surface area contributed by atoms with Crippen LogP contribution in [-0.2, 0) is 20.4 Å². The van der Waals surface area contributed by atoms with Gasteiger partial charge in [-0.3, -0.25) is 0 Å². The van der Waals surface area contributed by atoms with Gasteiger partial charge in [0, 0.05) is 19.2 Å². The van der Waals surface area contributed by atoms with Crippen LogP contribution < -0.4 is 4.72 Å². The first kappa shape index (κ1) is 18.5. The summed E-state index contributed by atoms with van der Waals surface area (Å²) in [6.07, 6.45) is 0. The molecule has 6 heteroatoms. The number of ether oxygens (including phenoxy) is 1. The minimum absolute atomic E-state index is 0.0976. The number of nitrogens with one attached hydrogen (secondary N) is 1. The second kappa shape index (κ2) is 7.15. The van der Waals surface area contributed by atoms with Crippen molar-refractivity contribution < 1.29 is 17.5 Å². The Hall–Kier alpha value is -2.28. The summed E-state index contributed by atoms with van der Waals surface area (Å²) in [6.45, 7) is 1.55. The van der Waals surface area contributed by atoms with Gasteiger partial charge in [-0.2, -0.15) is 0 Å². The standard InChI is InChI=1S/C20H20FNO3S/c1-20(25-2,18-9-5-6-10-19(18)21)14-22-26(23,24)17-12-11-15-7-3-4-8-16(15)13-17/h3-13,22H,14H2,1-2H3. The smallest absolute Gasteiger partial charge is 0.240 e. The Morgan fingerprint density at radius 1 is 1.00 bits per heavy atom. The van der Waals surface area contributed by atoms with Crippen molar-refractivity contribution in [1.29, 1.82) is 0 Å². The van der Waals surface area contributed by atoms with E-state index in [9.17, 15) is 12.8 Å². The van der Waals surface area contributed by atoms with E-state index in [0.717, 1.165) is 10.8 Å². The Kier molecular flexibility index (Phi) is 5.09. The van der Waals surface area contributed by atoms with Crippen LogP contribution in [0, 0.1) is 5.82 Å². The second-order valence-corrected chi connectivity index (χ2v) is 8.02. The maximum absolute atomic E-state index is 14.1. The molecule has 26 heavy (non-hydrogen) atoms. The number of methoxy groups -OCH3 is 1. The lowest BCUT2D eigenvalue weighted by molar-refractivity contribution is 0.00410. The minimum Gasteiger partial charge on any atom is -0.372 e. The third-order valence-electron chi connectivity index (χ3n) is 4.52. The van der Waals surface area contributed by atoms with E-state index in [-0.39, 0.29) is 11.4 Å². The Balaban J connectivity index is 1.87. The first-order valence-electron chi connectivity index (χ1n) is 8.14. The lowest BCUT2D eigenvalue weighted by Gasteiger charge is -2.29. The molecule has 3 rings (SSSR count). The molecule has 0 aliphatic heterocycles. The molecule has 0 spiro atoms. The van der Waals surface area contributed by atoms with E-state index in [1.807, 2.05) is 24.3 Å². The summed E-state index contributed by atoms with van der Waals surface area (Å²) in [4.78, 5) is 0.156. The molecule has 1 atom stereocenters. The molecule has 0 heterocycles. The molecule has 136 valence electrons. The van der Waals surface area contributed by atoms with Crippen LogP contribution in [0.4, 0.5) is 4.39 Å². The van der Waals surface area contributed by atoms with Gasteiger partial charge in [-0.1, -0.05) is 48.5 Å². The molecule has 0 amide bonds. The van der Waals surface area contributed by atoms with Gasteiger partial charge in [0.25, 0.3) is 0 Å². The highest BCUT2D eigenvalue weighted by Crippen LogP contribution is 2.27. The van der Waals surface area contributed by atoms with Gasteiger partial charge in [0.05, 0.1) is 4.90 Å². The average molecular weight is 373 g/mol. The van der Waals surface area contributed by atoms with Crippen molar-refractivity contribution in [3.8, 4) is 0 Å². The van der Waals surface area contributed by atoms with Gasteiger partial charge in [-0.15, -0.1) is 0 Å². The third-order valence-corrected chi connectivity index (χ3v) is 5.92. The molecule has 0 aliphatic carbocycles. The molecule has 0 aliphatic rings. The van der Waals surface area contributed by atoms with Crippen LogP contribution in [0.3, 0.4) is 0 Å². The fourth-order valence-electron chi connectivity index (χ4n) is 2.82. The third kappa shape index (κ3) is 3.62. The van der Waals surface area contributed by atoms with Gasteiger partial charge in [-0.05, 0) is 35.9 Å². The number of benzene rings is 3. The summed E-state index contributed by atoms with van der Waals surface area (Å²) in [5, 5.41) is 1.79. The maximum Gasteiger partial charge on any atom is 0.240 e. The van der Waals surface area contributed by atoms with Crippen LogP contribution in [0.5, 0.6) is 0 Å². The highest BCUT2D eigenvalue weighted by molar-refractivity contribution is 7.89. The summed E-state index contributed by atoms with van der Waals surface area (Å²) in [5.74, 6) is -0.443. The van der Waals surface area contributed by atoms with Crippen molar-refractivity contribution >= 4 is 20.8 Å². The lowest BCUT2D eigenvalue weighted by Crippen LogP contribution is -2.40. The van der Waals surface area contributed by atoms with Gasteiger partial charge in [0.2, 0.25) is 10.0 Å². The fraction of sp³-hybridized carbons (Fsp3) is 0.200. The number of hydrogen-bond donors (Lipinski definition) is 1. The van der Waals surface area contributed by atoms with E-state index in [0.29, 0.717) is 5.56 Å². The first-order valence-corrected chi connectivity index (χ1v) is 9.63. The number of hydrogen-bond acceptors (Lipinski definition) is 3. The maximum atomic E-state index is 14.1. The monoisotopic (exact) mass is 373 g/mol. The Labute approximate surface area is 152 Å². The fourth-order valence-corrected chi connectivity index (χ4v) is 3.98. The molecule has 3 aromatic carbocycles. The summed E-state index contributed by atoms with van der Waals surface area (Å²) in [6, 6.07) is 18.6. The van der Waals surface area contributed by atoms with Crippen LogP contribution in [-0.4, -0.2) is 22.1 Å². The molecule has 1 N–H and O–H groups in total. The van der Waals surface area contributed by atoms with Crippen molar-refractivity contribution in [2.45, 2.75) is 17.4 Å². The summed E-state index contributed by atoms with van der Waals surface area (Å²) >= 11 is 0. The summed E-state index contributed by atoms with van der Waals surface area (Å²) in [5.41, 5.74) is -0.835. The SMILES string of the molecule is COC(C)(CNS(=O)(=O)c1ccc2ccccc2c1)c1ccccc1F. The van der Waals surface area contributed by atoms with Crippen molar-refractivity contribution in [3.05, 3.63) is 78.1 Å². The number of sulfonamides is 1. The lowest BCUT2D eigenvalue weighted by atomic mass is 9.95. The van der Waals surface area contributed by atoms with Gasteiger partial charge < -0.3 is 4.74 Å². The van der Waals surface area contributed by atoms with E-state index in [1.54, 1.807) is 43.3 Å². The number of halogens is 1. The predicted molar refractivity (Wildman–Crippen MR) is 99.9 cm³/mol. The van der Waals surface area contributed by atoms with E-state index < -0.39 is 21.4 Å². The quantitative estimate of drug-likeness (QED) is 0.715. The molecule has 4 nitrogen and oxygen atoms in total. The van der Waals surface area contributed by atoms with E-state index in [1.165, 1.54) is 13.2 Å². The first-order chi connectivity index (χ1) is 12.4. The molecular formula is C20H20FNO3S. The number of rotatable bonds is 6. The zero-order valence-corrected chi connectivity index (χ0v) is 15.4. The normalized spacial score (nSPS) is 14.3. The molecule has 1 unspecified atom stereocenters. The van der Waals surface area contributed by atoms with Crippen LogP contribution in [0.15, 0.2) is 71.6 Å². The largest absolute Gasteiger partial charge is 0.372 e. The Morgan fingerprint density at radius 3 is 2.35 bits per heavy atom. The molecule has 0 saturated heterocycles. The highest BCUT2D eigenvalue weighted by atomic mass is 32.2. The molecule has 0 aromatic heterocycles. The van der Waals surface area contributed by atoms with Crippen LogP contribution in [0.2, 0.25) is 0 Å². The van der Waals surface area contributed by atoms with E-state index in [4.69, 9.17) is 4.74 Å². The van der Waals surface area contributed by atoms with Gasteiger partial charge in [-0.25, -0.2) is 17.5 Å². The van der Waals surface area contributed by atoms with Crippen molar-refractivity contribution in [1.82, 2.24) is 4.72 Å². The van der Waals surface area contributed by atoms with Crippen LogP contribution >= 0.6 is 0 Å². The highest BCUT2D eigenvalue weighted by Gasteiger charge is 2.31. The molecule has 0 radical (unpaired) electrons. The van der Waals surface area contributed by atoms with E-state index in [2.05, 4.69) is 4.72 Å². The van der Waals surface area contributed by atoms with Crippen molar-refractivity contribution in [2.24, 2.45) is 0 Å². The topological polar surface area (TPSA) is 55.4 Å². The zero-order chi connectivity index (χ0) is 18.8. The van der Waals surface area contributed by atoms with Gasteiger partial charge in [0.1, 0.15) is 11.4 Å². The molecule has 0 fully saturated rings. The second-order valence-electron chi connectivity index (χ2n) is 6.25. The van der Waals surface area contributed by atoms with Gasteiger partial charge in [0.15, 0.2) is 0 Å². The van der Waals surface area contributed by atoms with Crippen molar-refractivity contribution in [3.63, 3.8) is 0 Å². The number of fused-ring (bicyclic) bond motifs is 1. The Bertz CT molecular complexity index is 1040. The summed E-state index contributed by atoms with van der Waals surface area (Å²) in [7, 11) is -2.34. The predicted octanol–water partition coefficient (Wildman–Crippen LogP) is 3.82. The van der Waals surface area contributed by atoms with Gasteiger partial charge >= 0.3 is 0 Å². The van der Waals surface area contributed by atoms with E-state index >= 15 is 0 Å². The Morgan fingerprint density at radius 2 is 1.65 bits per heavy atom. The average Bonchev–Trinajstić information content (AvgIpc) is 2.66. The van der Waals surface area contributed by atoms with Crippen LogP contribution in [0.25, 0.3) is 10.8 Å². The zero-order valence-electron chi connectivity index (χ0n) is 14.6. The van der Waals surface area contributed by atoms with Crippen molar-refractivity contribution in [2.75, 3.05) is 13.7 Å².